The summed E-state index contributed by atoms with van der Waals surface area (Å²) in [6.45, 7) is 0. The molecule has 0 radical (unpaired) electrons. The Morgan fingerprint density at radius 1 is 0.861 bits per heavy atom. The number of pyridine rings is 1. The molecule has 36 heavy (non-hydrogen) atoms. The third-order valence-corrected chi connectivity index (χ3v) is 6.04. The summed E-state index contributed by atoms with van der Waals surface area (Å²) >= 11 is 0. The molecule has 3 amide bonds. The minimum atomic E-state index is -4.51. The van der Waals surface area contributed by atoms with Crippen LogP contribution in [0.2, 0.25) is 0 Å². The van der Waals surface area contributed by atoms with Gasteiger partial charge in [-0.2, -0.15) is 13.2 Å². The van der Waals surface area contributed by atoms with Crippen LogP contribution < -0.4 is 5.32 Å². The Kier molecular flexibility index (Phi) is 5.75. The van der Waals surface area contributed by atoms with Crippen molar-refractivity contribution in [1.82, 2.24) is 9.88 Å². The van der Waals surface area contributed by atoms with Crippen LogP contribution in [0.25, 0.3) is 10.9 Å². The molecular formula is C27H18F3N3O3. The lowest BCUT2D eigenvalue weighted by Crippen LogP contribution is -2.48. The van der Waals surface area contributed by atoms with Crippen LogP contribution in [0.15, 0.2) is 85.1 Å². The van der Waals surface area contributed by atoms with E-state index < -0.39 is 35.5 Å². The molecule has 1 N–H and O–H groups in total. The molecule has 1 aliphatic rings. The SMILES string of the molecule is O=C(Nc1cccc2cccnc12)[C@H](Cc1ccc(C(F)(F)F)cc1)N1C(=O)c2ccccc2C1=O. The van der Waals surface area contributed by atoms with E-state index >= 15 is 0 Å². The van der Waals surface area contributed by atoms with Crippen LogP contribution in [0.1, 0.15) is 31.8 Å². The third kappa shape index (κ3) is 4.19. The molecule has 0 bridgehead atoms. The van der Waals surface area contributed by atoms with Crippen molar-refractivity contribution in [3.8, 4) is 0 Å². The smallest absolute Gasteiger partial charge is 0.322 e. The molecule has 5 rings (SSSR count). The van der Waals surface area contributed by atoms with Gasteiger partial charge in [0, 0.05) is 18.0 Å². The lowest BCUT2D eigenvalue weighted by molar-refractivity contribution is -0.137. The molecule has 1 aliphatic heterocycles. The van der Waals surface area contributed by atoms with Crippen molar-refractivity contribution in [1.29, 1.82) is 0 Å². The van der Waals surface area contributed by atoms with Crippen LogP contribution in [0.5, 0.6) is 0 Å². The zero-order valence-electron chi connectivity index (χ0n) is 18.6. The number of halogens is 3. The average molecular weight is 489 g/mol. The molecule has 0 spiro atoms. The number of nitrogens with one attached hydrogen (secondary N) is 1. The van der Waals surface area contributed by atoms with Gasteiger partial charge in [-0.15, -0.1) is 0 Å². The maximum atomic E-state index is 13.6. The molecule has 9 heteroatoms. The highest BCUT2D eigenvalue weighted by Crippen LogP contribution is 2.31. The molecule has 1 atom stereocenters. The zero-order valence-corrected chi connectivity index (χ0v) is 18.6. The normalized spacial score (nSPS) is 14.1. The summed E-state index contributed by atoms with van der Waals surface area (Å²) in [5, 5.41) is 3.53. The second-order valence-corrected chi connectivity index (χ2v) is 8.31. The summed E-state index contributed by atoms with van der Waals surface area (Å²) in [5.41, 5.74) is 0.751. The first-order valence-corrected chi connectivity index (χ1v) is 11.0. The van der Waals surface area contributed by atoms with Crippen molar-refractivity contribution >= 4 is 34.3 Å². The highest BCUT2D eigenvalue weighted by molar-refractivity contribution is 6.23. The van der Waals surface area contributed by atoms with E-state index in [4.69, 9.17) is 0 Å². The van der Waals surface area contributed by atoms with Crippen LogP contribution in [-0.4, -0.2) is 33.6 Å². The van der Waals surface area contributed by atoms with Crippen molar-refractivity contribution in [2.24, 2.45) is 0 Å². The van der Waals surface area contributed by atoms with Crippen LogP contribution in [0, 0.1) is 0 Å². The number of carbonyl (C=O) groups excluding carboxylic acids is 3. The number of alkyl halides is 3. The second kappa shape index (κ2) is 8.92. The summed E-state index contributed by atoms with van der Waals surface area (Å²) in [6, 6.07) is 18.0. The first-order chi connectivity index (χ1) is 17.2. The molecule has 6 nitrogen and oxygen atoms in total. The quantitative estimate of drug-likeness (QED) is 0.396. The Morgan fingerprint density at radius 3 is 2.14 bits per heavy atom. The number of carbonyl (C=O) groups is 3. The average Bonchev–Trinajstić information content (AvgIpc) is 3.12. The first-order valence-electron chi connectivity index (χ1n) is 11.0. The van der Waals surface area contributed by atoms with Crippen LogP contribution in [-0.2, 0) is 17.4 Å². The number of aromatic nitrogens is 1. The van der Waals surface area contributed by atoms with Crippen LogP contribution in [0.3, 0.4) is 0 Å². The van der Waals surface area contributed by atoms with Crippen molar-refractivity contribution < 1.29 is 27.6 Å². The van der Waals surface area contributed by atoms with Gasteiger partial charge in [0.1, 0.15) is 6.04 Å². The summed E-state index contributed by atoms with van der Waals surface area (Å²) in [4.78, 5) is 45.0. The fraction of sp³-hybridized carbons (Fsp3) is 0.111. The second-order valence-electron chi connectivity index (χ2n) is 8.31. The van der Waals surface area contributed by atoms with E-state index in [2.05, 4.69) is 10.3 Å². The van der Waals surface area contributed by atoms with Gasteiger partial charge >= 0.3 is 6.18 Å². The van der Waals surface area contributed by atoms with E-state index in [1.54, 1.807) is 36.5 Å². The lowest BCUT2D eigenvalue weighted by atomic mass is 10.0. The molecular weight excluding hydrogens is 471 g/mol. The minimum absolute atomic E-state index is 0.166. The van der Waals surface area contributed by atoms with Gasteiger partial charge in [0.2, 0.25) is 5.91 Å². The number of benzene rings is 3. The fourth-order valence-corrected chi connectivity index (χ4v) is 4.27. The maximum absolute atomic E-state index is 13.6. The molecule has 1 aromatic heterocycles. The van der Waals surface area contributed by atoms with Gasteiger partial charge in [0.05, 0.1) is 27.9 Å². The number of para-hydroxylation sites is 1. The lowest BCUT2D eigenvalue weighted by Gasteiger charge is -2.26. The predicted molar refractivity (Wildman–Crippen MR) is 126 cm³/mol. The van der Waals surface area contributed by atoms with Crippen LogP contribution >= 0.6 is 0 Å². The molecule has 0 saturated heterocycles. The van der Waals surface area contributed by atoms with Crippen LogP contribution in [0.4, 0.5) is 18.9 Å². The molecule has 0 aliphatic carbocycles. The van der Waals surface area contributed by atoms with Gasteiger partial charge in [-0.05, 0) is 42.0 Å². The largest absolute Gasteiger partial charge is 0.416 e. The highest BCUT2D eigenvalue weighted by atomic mass is 19.4. The van der Waals surface area contributed by atoms with Gasteiger partial charge in [-0.1, -0.05) is 42.5 Å². The first kappa shape index (κ1) is 23.2. The number of nitrogens with zero attached hydrogens (tertiary/aromatic N) is 2. The molecule has 2 heterocycles. The summed E-state index contributed by atoms with van der Waals surface area (Å²) in [7, 11) is 0. The number of imide groups is 1. The Labute approximate surface area is 203 Å². The molecule has 4 aromatic rings. The highest BCUT2D eigenvalue weighted by Gasteiger charge is 2.43. The monoisotopic (exact) mass is 489 g/mol. The topological polar surface area (TPSA) is 79.4 Å². The summed E-state index contributed by atoms with van der Waals surface area (Å²) in [5.74, 6) is -1.94. The molecule has 3 aromatic carbocycles. The van der Waals surface area contributed by atoms with E-state index in [0.29, 0.717) is 16.8 Å². The van der Waals surface area contributed by atoms with Gasteiger partial charge in [-0.3, -0.25) is 24.3 Å². The predicted octanol–water partition coefficient (Wildman–Crippen LogP) is 5.10. The Morgan fingerprint density at radius 2 is 1.50 bits per heavy atom. The van der Waals surface area contributed by atoms with Crippen molar-refractivity contribution in [2.75, 3.05) is 5.32 Å². The Balaban J connectivity index is 1.51. The van der Waals surface area contributed by atoms with E-state index in [9.17, 15) is 27.6 Å². The number of anilines is 1. The maximum Gasteiger partial charge on any atom is 0.416 e. The summed E-state index contributed by atoms with van der Waals surface area (Å²) < 4.78 is 39.0. The number of hydrogen-bond acceptors (Lipinski definition) is 4. The Hall–Kier alpha value is -4.53. The van der Waals surface area contributed by atoms with Crippen molar-refractivity contribution in [3.63, 3.8) is 0 Å². The molecule has 0 unspecified atom stereocenters. The van der Waals surface area contributed by atoms with Gasteiger partial charge in [0.15, 0.2) is 0 Å². The molecule has 0 fully saturated rings. The van der Waals surface area contributed by atoms with Crippen molar-refractivity contribution in [3.05, 3.63) is 107 Å². The van der Waals surface area contributed by atoms with E-state index in [1.807, 2.05) is 12.1 Å². The standard InChI is InChI=1S/C27H18F3N3O3/c28-27(29,30)18-12-10-16(11-13-18)15-22(33-25(35)19-7-1-2-8-20(19)26(33)36)24(34)32-21-9-3-5-17-6-4-14-31-23(17)21/h1-14,22H,15H2,(H,32,34)/t22-/m0/s1. The summed E-state index contributed by atoms with van der Waals surface area (Å²) in [6.07, 6.45) is -3.12. The third-order valence-electron chi connectivity index (χ3n) is 6.04. The van der Waals surface area contributed by atoms with E-state index in [1.165, 1.54) is 24.3 Å². The van der Waals surface area contributed by atoms with Gasteiger partial charge < -0.3 is 5.32 Å². The number of hydrogen-bond donors (Lipinski definition) is 1. The fourth-order valence-electron chi connectivity index (χ4n) is 4.27. The number of fused-ring (bicyclic) bond motifs is 2. The molecule has 180 valence electrons. The van der Waals surface area contributed by atoms with Gasteiger partial charge in [-0.25, -0.2) is 0 Å². The number of amides is 3. The van der Waals surface area contributed by atoms with Crippen molar-refractivity contribution in [2.45, 2.75) is 18.6 Å². The molecule has 0 saturated carbocycles. The zero-order chi connectivity index (χ0) is 25.4. The minimum Gasteiger partial charge on any atom is -0.322 e. The van der Waals surface area contributed by atoms with E-state index in [-0.39, 0.29) is 17.5 Å². The Bertz CT molecular complexity index is 1460. The number of rotatable bonds is 5. The van der Waals surface area contributed by atoms with Gasteiger partial charge in [0.25, 0.3) is 11.8 Å². The van der Waals surface area contributed by atoms with E-state index in [0.717, 1.165) is 22.4 Å².